The summed E-state index contributed by atoms with van der Waals surface area (Å²) in [6.45, 7) is 0.859. The number of carbonyl (C=O) groups excluding carboxylic acids is 1. The lowest BCUT2D eigenvalue weighted by atomic mass is 9.47. The zero-order chi connectivity index (χ0) is 22.9. The lowest BCUT2D eigenvalue weighted by Gasteiger charge is -2.64. The average molecular weight is 460 g/mol. The fourth-order valence-electron chi connectivity index (χ4n) is 6.20. The van der Waals surface area contributed by atoms with E-state index >= 15 is 0 Å². The number of halogens is 6. The molecule has 4 bridgehead atoms. The number of carboxylic acids is 1. The zero-order valence-electron chi connectivity index (χ0n) is 16.4. The molecule has 2 unspecified atom stereocenters. The van der Waals surface area contributed by atoms with E-state index in [9.17, 15) is 35.9 Å². The second kappa shape index (κ2) is 6.97. The minimum absolute atomic E-state index is 0.0162. The number of rotatable bonds is 4. The van der Waals surface area contributed by atoms with Gasteiger partial charge in [0.05, 0.1) is 18.6 Å². The molecule has 0 amide bonds. The Morgan fingerprint density at radius 2 is 1.45 bits per heavy atom. The van der Waals surface area contributed by atoms with Gasteiger partial charge in [0, 0.05) is 11.8 Å². The second-order valence-corrected chi connectivity index (χ2v) is 9.18. The van der Waals surface area contributed by atoms with E-state index in [0.717, 1.165) is 0 Å². The first-order valence-corrected chi connectivity index (χ1v) is 10.1. The molecule has 5 fully saturated rings. The predicted octanol–water partition coefficient (Wildman–Crippen LogP) is 3.83. The Balaban J connectivity index is 1.65. The Hall–Kier alpha value is -1.56. The number of ether oxygens (including phenoxy) is 3. The molecule has 5 aliphatic rings. The molecule has 176 valence electrons. The molecule has 1 heterocycles. The van der Waals surface area contributed by atoms with Crippen LogP contribution in [0.2, 0.25) is 0 Å². The topological polar surface area (TPSA) is 82.1 Å². The Bertz CT molecular complexity index is 724. The van der Waals surface area contributed by atoms with Crippen LogP contribution in [0.15, 0.2) is 0 Å². The Labute approximate surface area is 173 Å². The summed E-state index contributed by atoms with van der Waals surface area (Å²) in [5.41, 5.74) is -6.66. The van der Waals surface area contributed by atoms with Crippen molar-refractivity contribution >= 4 is 11.9 Å². The number of aliphatic carboxylic acids is 1. The Kier molecular flexibility index (Phi) is 5.09. The highest BCUT2D eigenvalue weighted by Gasteiger charge is 2.76. The smallest absolute Gasteiger partial charge is 0.438 e. The molecule has 1 saturated heterocycles. The molecule has 4 saturated carbocycles. The summed E-state index contributed by atoms with van der Waals surface area (Å²) >= 11 is 0. The summed E-state index contributed by atoms with van der Waals surface area (Å²) in [5.74, 6) is -5.76. The van der Waals surface area contributed by atoms with Crippen LogP contribution in [-0.4, -0.2) is 54.0 Å². The predicted molar refractivity (Wildman–Crippen MR) is 88.4 cm³/mol. The quantitative estimate of drug-likeness (QED) is 0.508. The molecule has 12 heteroatoms. The molecule has 0 aromatic carbocycles. The van der Waals surface area contributed by atoms with Crippen molar-refractivity contribution in [3.05, 3.63) is 0 Å². The van der Waals surface area contributed by atoms with Gasteiger partial charge in [-0.15, -0.1) is 0 Å². The maximum atomic E-state index is 13.5. The molecule has 0 aromatic rings. The minimum atomic E-state index is -6.15. The van der Waals surface area contributed by atoms with E-state index in [2.05, 4.69) is 4.74 Å². The van der Waals surface area contributed by atoms with Crippen molar-refractivity contribution in [3.8, 4) is 0 Å². The summed E-state index contributed by atoms with van der Waals surface area (Å²) in [6.07, 6.45) is -12.8. The van der Waals surface area contributed by atoms with Crippen molar-refractivity contribution < 1.29 is 55.2 Å². The standard InChI is InChI=1S/C19H22F6O6/c20-18(21,22)16(9-13(26)27,19(23,24)25)31-14(28)15-6-10-4-11(7-15)17(12(5-10)8-15)29-2-1-3-30-17/h10-12H,1-9H2,(H,26,27). The van der Waals surface area contributed by atoms with E-state index < -0.39 is 47.5 Å². The summed E-state index contributed by atoms with van der Waals surface area (Å²) in [6, 6.07) is 0. The molecule has 31 heavy (non-hydrogen) atoms. The van der Waals surface area contributed by atoms with Crippen LogP contribution < -0.4 is 0 Å². The highest BCUT2D eigenvalue weighted by molar-refractivity contribution is 5.79. The van der Waals surface area contributed by atoms with Crippen molar-refractivity contribution in [1.29, 1.82) is 0 Å². The van der Waals surface area contributed by atoms with Gasteiger partial charge < -0.3 is 19.3 Å². The minimum Gasteiger partial charge on any atom is -0.481 e. The number of carbonyl (C=O) groups is 2. The Morgan fingerprint density at radius 3 is 1.90 bits per heavy atom. The zero-order valence-corrected chi connectivity index (χ0v) is 16.4. The van der Waals surface area contributed by atoms with Crippen LogP contribution in [-0.2, 0) is 23.8 Å². The summed E-state index contributed by atoms with van der Waals surface area (Å²) in [5, 5.41) is 8.76. The maximum absolute atomic E-state index is 13.5. The molecule has 0 radical (unpaired) electrons. The van der Waals surface area contributed by atoms with Crippen molar-refractivity contribution in [1.82, 2.24) is 0 Å². The van der Waals surface area contributed by atoms with Gasteiger partial charge in [-0.1, -0.05) is 0 Å². The average Bonchev–Trinajstić information content (AvgIpc) is 2.63. The van der Waals surface area contributed by atoms with E-state index in [0.29, 0.717) is 32.5 Å². The van der Waals surface area contributed by atoms with Crippen LogP contribution in [0.1, 0.15) is 44.9 Å². The van der Waals surface area contributed by atoms with Gasteiger partial charge in [-0.3, -0.25) is 9.59 Å². The van der Waals surface area contributed by atoms with Crippen LogP contribution >= 0.6 is 0 Å². The number of alkyl halides is 6. The van der Waals surface area contributed by atoms with Gasteiger partial charge in [-0.05, 0) is 44.4 Å². The normalized spacial score (nSPS) is 34.7. The van der Waals surface area contributed by atoms with Gasteiger partial charge >= 0.3 is 29.9 Å². The molecule has 0 aromatic heterocycles. The first kappa shape index (κ1) is 22.6. The first-order valence-electron chi connectivity index (χ1n) is 10.1. The Morgan fingerprint density at radius 1 is 0.935 bits per heavy atom. The molecule has 6 nitrogen and oxygen atoms in total. The molecular formula is C19H22F6O6. The third kappa shape index (κ3) is 3.32. The summed E-state index contributed by atoms with van der Waals surface area (Å²) in [7, 11) is 0. The van der Waals surface area contributed by atoms with Gasteiger partial charge in [-0.25, -0.2) is 0 Å². The fourth-order valence-corrected chi connectivity index (χ4v) is 6.20. The molecule has 1 aliphatic heterocycles. The van der Waals surface area contributed by atoms with Crippen LogP contribution in [0.5, 0.6) is 0 Å². The summed E-state index contributed by atoms with van der Waals surface area (Å²) in [4.78, 5) is 23.9. The largest absolute Gasteiger partial charge is 0.481 e. The monoisotopic (exact) mass is 460 g/mol. The number of esters is 1. The number of hydrogen-bond donors (Lipinski definition) is 1. The first-order chi connectivity index (χ1) is 14.2. The van der Waals surface area contributed by atoms with Crippen molar-refractivity contribution in [2.75, 3.05) is 13.2 Å². The SMILES string of the molecule is O=C(O)CC(OC(=O)C12CC3CC(C1)C1(OCCCO1)C(C3)C2)(C(F)(F)F)C(F)(F)F. The van der Waals surface area contributed by atoms with Gasteiger partial charge in [0.1, 0.15) is 6.42 Å². The van der Waals surface area contributed by atoms with Gasteiger partial charge in [0.15, 0.2) is 5.79 Å². The van der Waals surface area contributed by atoms with Crippen LogP contribution in [0, 0.1) is 23.2 Å². The van der Waals surface area contributed by atoms with Crippen molar-refractivity contribution in [2.24, 2.45) is 23.2 Å². The maximum Gasteiger partial charge on any atom is 0.438 e. The number of carboxylic acid groups (broad SMARTS) is 1. The third-order valence-electron chi connectivity index (χ3n) is 7.29. The van der Waals surface area contributed by atoms with E-state index in [-0.39, 0.29) is 37.0 Å². The van der Waals surface area contributed by atoms with Crippen molar-refractivity contribution in [3.63, 3.8) is 0 Å². The van der Waals surface area contributed by atoms with E-state index in [4.69, 9.17) is 14.6 Å². The van der Waals surface area contributed by atoms with Crippen molar-refractivity contribution in [2.45, 2.75) is 68.7 Å². The lowest BCUT2D eigenvalue weighted by Crippen LogP contribution is -2.67. The molecular weight excluding hydrogens is 438 g/mol. The summed E-state index contributed by atoms with van der Waals surface area (Å²) < 4.78 is 97.3. The molecule has 2 atom stereocenters. The molecule has 4 aliphatic carbocycles. The molecule has 1 spiro atoms. The lowest BCUT2D eigenvalue weighted by molar-refractivity contribution is -0.381. The molecule has 1 N–H and O–H groups in total. The van der Waals surface area contributed by atoms with E-state index in [1.54, 1.807) is 0 Å². The highest BCUT2D eigenvalue weighted by Crippen LogP contribution is 2.66. The highest BCUT2D eigenvalue weighted by atomic mass is 19.4. The van der Waals surface area contributed by atoms with Gasteiger partial charge in [0.2, 0.25) is 0 Å². The van der Waals surface area contributed by atoms with Crippen LogP contribution in [0.3, 0.4) is 0 Å². The number of hydrogen-bond acceptors (Lipinski definition) is 5. The van der Waals surface area contributed by atoms with Crippen LogP contribution in [0.4, 0.5) is 26.3 Å². The van der Waals surface area contributed by atoms with Crippen LogP contribution in [0.25, 0.3) is 0 Å². The molecule has 5 rings (SSSR count). The third-order valence-corrected chi connectivity index (χ3v) is 7.29. The second-order valence-electron chi connectivity index (χ2n) is 9.18. The van der Waals surface area contributed by atoms with E-state index in [1.807, 2.05) is 0 Å². The van der Waals surface area contributed by atoms with Gasteiger partial charge in [0.25, 0.3) is 0 Å². The van der Waals surface area contributed by atoms with Gasteiger partial charge in [-0.2, -0.15) is 26.3 Å². The fraction of sp³-hybridized carbons (Fsp3) is 0.895. The van der Waals surface area contributed by atoms with E-state index in [1.165, 1.54) is 0 Å².